The molecule has 2 unspecified atom stereocenters. The van der Waals surface area contributed by atoms with E-state index in [9.17, 15) is 13.2 Å². The van der Waals surface area contributed by atoms with E-state index >= 15 is 0 Å². The predicted molar refractivity (Wildman–Crippen MR) is 61.0 cm³/mol. The summed E-state index contributed by atoms with van der Waals surface area (Å²) in [5.41, 5.74) is 5.33. The number of nitrogens with one attached hydrogen (secondary N) is 1. The average molecular weight is 251 g/mol. The molecule has 1 fully saturated rings. The molecule has 2 atom stereocenters. The Hall–Kier alpha value is -0.780. The highest BCUT2D eigenvalue weighted by atomic mass is 19.4. The molecule has 0 spiro atoms. The zero-order chi connectivity index (χ0) is 13.1. The number of likely N-dealkylation sites (tertiary alicyclic amines) is 1. The van der Waals surface area contributed by atoms with Gasteiger partial charge in [-0.15, -0.1) is 0 Å². The number of alkyl halides is 3. The first-order valence-corrected chi connectivity index (χ1v) is 5.98. The number of hydrogen-bond acceptors (Lipinski definition) is 2. The summed E-state index contributed by atoms with van der Waals surface area (Å²) in [6.45, 7) is 2.65. The fourth-order valence-corrected chi connectivity index (χ4v) is 2.39. The van der Waals surface area contributed by atoms with Crippen molar-refractivity contribution in [1.29, 1.82) is 5.41 Å². The second-order valence-corrected chi connectivity index (χ2v) is 4.67. The minimum atomic E-state index is -4.10. The zero-order valence-electron chi connectivity index (χ0n) is 10.1. The highest BCUT2D eigenvalue weighted by Crippen LogP contribution is 2.34. The van der Waals surface area contributed by atoms with Crippen LogP contribution in [0.5, 0.6) is 0 Å². The van der Waals surface area contributed by atoms with Gasteiger partial charge in [0.1, 0.15) is 0 Å². The van der Waals surface area contributed by atoms with E-state index in [0.717, 1.165) is 6.42 Å². The van der Waals surface area contributed by atoms with E-state index in [2.05, 4.69) is 0 Å². The molecule has 6 heteroatoms. The molecule has 1 aliphatic rings. The highest BCUT2D eigenvalue weighted by molar-refractivity contribution is 5.77. The number of halogens is 3. The molecule has 0 amide bonds. The number of piperidine rings is 1. The van der Waals surface area contributed by atoms with E-state index in [0.29, 0.717) is 19.4 Å². The fraction of sp³-hybridized carbons (Fsp3) is 0.909. The second kappa shape index (κ2) is 5.71. The lowest BCUT2D eigenvalue weighted by Gasteiger charge is -2.38. The molecule has 0 saturated carbocycles. The SMILES string of the molecule is CCC(CC(=N)N)N1CCCC(C(F)(F)F)C1. The van der Waals surface area contributed by atoms with Crippen molar-refractivity contribution >= 4 is 5.84 Å². The third-order valence-corrected chi connectivity index (χ3v) is 3.36. The van der Waals surface area contributed by atoms with Crippen molar-refractivity contribution in [3.63, 3.8) is 0 Å². The minimum Gasteiger partial charge on any atom is -0.388 e. The number of nitrogens with zero attached hydrogens (tertiary/aromatic N) is 1. The predicted octanol–water partition coefficient (Wildman–Crippen LogP) is 2.37. The summed E-state index contributed by atoms with van der Waals surface area (Å²) in [4.78, 5) is 1.84. The molecule has 0 radical (unpaired) electrons. The summed E-state index contributed by atoms with van der Waals surface area (Å²) in [5.74, 6) is -1.18. The number of nitrogens with two attached hydrogens (primary N) is 1. The molecule has 0 aromatic carbocycles. The maximum absolute atomic E-state index is 12.7. The summed E-state index contributed by atoms with van der Waals surface area (Å²) < 4.78 is 38.0. The van der Waals surface area contributed by atoms with Crippen molar-refractivity contribution < 1.29 is 13.2 Å². The van der Waals surface area contributed by atoms with Crippen LogP contribution in [0.4, 0.5) is 13.2 Å². The molecular weight excluding hydrogens is 231 g/mol. The molecule has 17 heavy (non-hydrogen) atoms. The van der Waals surface area contributed by atoms with E-state index in [1.54, 1.807) is 0 Å². The molecule has 1 saturated heterocycles. The van der Waals surface area contributed by atoms with Crippen LogP contribution in [0, 0.1) is 11.3 Å². The van der Waals surface area contributed by atoms with E-state index in [1.807, 2.05) is 11.8 Å². The molecule has 100 valence electrons. The first kappa shape index (κ1) is 14.3. The smallest absolute Gasteiger partial charge is 0.388 e. The van der Waals surface area contributed by atoms with Crippen molar-refractivity contribution in [2.45, 2.75) is 44.8 Å². The second-order valence-electron chi connectivity index (χ2n) is 4.67. The van der Waals surface area contributed by atoms with Crippen LogP contribution in [-0.4, -0.2) is 36.0 Å². The Balaban J connectivity index is 2.61. The van der Waals surface area contributed by atoms with Gasteiger partial charge in [-0.05, 0) is 25.8 Å². The van der Waals surface area contributed by atoms with Crippen LogP contribution in [0.2, 0.25) is 0 Å². The van der Waals surface area contributed by atoms with Crippen LogP contribution in [0.15, 0.2) is 0 Å². The van der Waals surface area contributed by atoms with E-state index in [4.69, 9.17) is 11.1 Å². The third-order valence-electron chi connectivity index (χ3n) is 3.36. The Morgan fingerprint density at radius 1 is 1.53 bits per heavy atom. The molecule has 1 aliphatic heterocycles. The van der Waals surface area contributed by atoms with E-state index in [1.165, 1.54) is 0 Å². The quantitative estimate of drug-likeness (QED) is 0.595. The van der Waals surface area contributed by atoms with Gasteiger partial charge in [-0.1, -0.05) is 6.92 Å². The van der Waals surface area contributed by atoms with Crippen molar-refractivity contribution in [1.82, 2.24) is 4.90 Å². The van der Waals surface area contributed by atoms with Gasteiger partial charge in [0.25, 0.3) is 0 Å². The van der Waals surface area contributed by atoms with Crippen LogP contribution in [-0.2, 0) is 0 Å². The molecular formula is C11H20F3N3. The lowest BCUT2D eigenvalue weighted by atomic mass is 9.95. The molecule has 0 aromatic heterocycles. The summed E-state index contributed by atoms with van der Waals surface area (Å²) >= 11 is 0. The first-order valence-electron chi connectivity index (χ1n) is 5.98. The molecule has 1 rings (SSSR count). The lowest BCUT2D eigenvalue weighted by Crippen LogP contribution is -2.47. The average Bonchev–Trinajstić information content (AvgIpc) is 2.24. The van der Waals surface area contributed by atoms with E-state index in [-0.39, 0.29) is 24.8 Å². The lowest BCUT2D eigenvalue weighted by molar-refractivity contribution is -0.188. The number of hydrogen-bond donors (Lipinski definition) is 2. The van der Waals surface area contributed by atoms with Crippen LogP contribution in [0.25, 0.3) is 0 Å². The molecule has 0 aliphatic carbocycles. The molecule has 3 nitrogen and oxygen atoms in total. The normalized spacial score (nSPS) is 24.6. The Kier molecular flexibility index (Phi) is 4.80. The van der Waals surface area contributed by atoms with Crippen molar-refractivity contribution in [2.75, 3.05) is 13.1 Å². The van der Waals surface area contributed by atoms with Crippen LogP contribution in [0.3, 0.4) is 0 Å². The molecule has 3 N–H and O–H groups in total. The van der Waals surface area contributed by atoms with Gasteiger partial charge in [-0.25, -0.2) is 0 Å². The van der Waals surface area contributed by atoms with Crippen LogP contribution < -0.4 is 5.73 Å². The largest absolute Gasteiger partial charge is 0.393 e. The summed E-state index contributed by atoms with van der Waals surface area (Å²) in [7, 11) is 0. The standard InChI is InChI=1S/C11H20F3N3/c1-2-9(6-10(15)16)17-5-3-4-8(7-17)11(12,13)14/h8-9H,2-7H2,1H3,(H3,15,16). The Morgan fingerprint density at radius 2 is 2.18 bits per heavy atom. The summed E-state index contributed by atoms with van der Waals surface area (Å²) in [6.07, 6.45) is -2.23. The van der Waals surface area contributed by atoms with E-state index < -0.39 is 12.1 Å². The van der Waals surface area contributed by atoms with Gasteiger partial charge < -0.3 is 5.73 Å². The summed E-state index contributed by atoms with van der Waals surface area (Å²) in [6, 6.07) is -0.0300. The van der Waals surface area contributed by atoms with Gasteiger partial charge in [0.15, 0.2) is 0 Å². The maximum Gasteiger partial charge on any atom is 0.393 e. The van der Waals surface area contributed by atoms with Gasteiger partial charge >= 0.3 is 6.18 Å². The first-order chi connectivity index (χ1) is 7.84. The third kappa shape index (κ3) is 4.18. The van der Waals surface area contributed by atoms with Crippen LogP contribution in [0.1, 0.15) is 32.6 Å². The Morgan fingerprint density at radius 3 is 2.65 bits per heavy atom. The molecule has 0 bridgehead atoms. The van der Waals surface area contributed by atoms with Gasteiger partial charge in [0, 0.05) is 19.0 Å². The molecule has 0 aromatic rings. The van der Waals surface area contributed by atoms with Gasteiger partial charge in [0.05, 0.1) is 11.8 Å². The van der Waals surface area contributed by atoms with Gasteiger partial charge in [-0.2, -0.15) is 13.2 Å². The number of rotatable bonds is 4. The van der Waals surface area contributed by atoms with Crippen LogP contribution >= 0.6 is 0 Å². The number of amidine groups is 1. The topological polar surface area (TPSA) is 53.1 Å². The summed E-state index contributed by atoms with van der Waals surface area (Å²) in [5, 5.41) is 7.25. The van der Waals surface area contributed by atoms with Gasteiger partial charge in [0.2, 0.25) is 0 Å². The minimum absolute atomic E-state index is 0.0300. The fourth-order valence-electron chi connectivity index (χ4n) is 2.39. The van der Waals surface area contributed by atoms with Crippen molar-refractivity contribution in [2.24, 2.45) is 11.7 Å². The Labute approximate surface area is 99.7 Å². The molecule has 1 heterocycles. The zero-order valence-corrected chi connectivity index (χ0v) is 10.1. The van der Waals surface area contributed by atoms with Crippen molar-refractivity contribution in [3.8, 4) is 0 Å². The highest BCUT2D eigenvalue weighted by Gasteiger charge is 2.42. The Bertz CT molecular complexity index is 265. The monoisotopic (exact) mass is 251 g/mol. The maximum atomic E-state index is 12.7. The van der Waals surface area contributed by atoms with Crippen molar-refractivity contribution in [3.05, 3.63) is 0 Å². The van der Waals surface area contributed by atoms with Gasteiger partial charge in [-0.3, -0.25) is 10.3 Å².